The lowest BCUT2D eigenvalue weighted by Crippen LogP contribution is -2.51. The van der Waals surface area contributed by atoms with Crippen LogP contribution in [0.2, 0.25) is 0 Å². The molecule has 1 aliphatic rings. The number of hydrogen-bond donors (Lipinski definition) is 2. The molecule has 1 aromatic carbocycles. The van der Waals surface area contributed by atoms with Crippen LogP contribution in [0.1, 0.15) is 31.0 Å². The van der Waals surface area contributed by atoms with Crippen LogP contribution in [-0.2, 0) is 6.42 Å². The summed E-state index contributed by atoms with van der Waals surface area (Å²) in [4.78, 5) is 11.6. The number of aryl methyl sites for hydroxylation is 1. The van der Waals surface area contributed by atoms with Gasteiger partial charge in [0.15, 0.2) is 5.96 Å². The molecule has 2 heterocycles. The number of rotatable bonds is 7. The van der Waals surface area contributed by atoms with Gasteiger partial charge in [-0.3, -0.25) is 9.98 Å². The summed E-state index contributed by atoms with van der Waals surface area (Å²) in [7, 11) is 1.71. The molecule has 2 N–H and O–H groups in total. The fourth-order valence-corrected chi connectivity index (χ4v) is 3.59. The number of pyridine rings is 1. The maximum Gasteiger partial charge on any atom is 0.191 e. The predicted octanol–water partition coefficient (Wildman–Crippen LogP) is 3.17. The van der Waals surface area contributed by atoms with E-state index < -0.39 is 0 Å². The number of anilines is 1. The van der Waals surface area contributed by atoms with E-state index in [1.807, 2.05) is 19.2 Å². The Morgan fingerprint density at radius 2 is 2.21 bits per heavy atom. The van der Waals surface area contributed by atoms with E-state index in [1.165, 1.54) is 11.3 Å². The molecule has 1 aromatic heterocycles. The SMILES string of the molecule is CCNC(=NCCc1ccc(C)nc1)NC1CCCN(c2cccc(OC)c2)C1. The standard InChI is InChI=1S/C23H33N5O/c1-4-24-23(25-13-12-19-11-10-18(2)26-16-19)27-20-7-6-14-28(17-20)21-8-5-9-22(15-21)29-3/h5,8-11,15-16,20H,4,6-7,12-14,17H2,1-3H3,(H2,24,25,27). The van der Waals surface area contributed by atoms with Crippen molar-refractivity contribution in [3.63, 3.8) is 0 Å². The lowest BCUT2D eigenvalue weighted by atomic mass is 10.0. The normalized spacial score (nSPS) is 17.1. The molecule has 0 amide bonds. The second kappa shape index (κ2) is 10.7. The van der Waals surface area contributed by atoms with E-state index in [-0.39, 0.29) is 0 Å². The molecule has 29 heavy (non-hydrogen) atoms. The van der Waals surface area contributed by atoms with Gasteiger partial charge in [0, 0.05) is 55.9 Å². The van der Waals surface area contributed by atoms with Crippen LogP contribution in [0.3, 0.4) is 0 Å². The molecule has 156 valence electrons. The summed E-state index contributed by atoms with van der Waals surface area (Å²) in [6, 6.07) is 12.9. The molecule has 0 aliphatic carbocycles. The van der Waals surface area contributed by atoms with Crippen molar-refractivity contribution in [1.29, 1.82) is 0 Å². The Bertz CT molecular complexity index is 790. The molecule has 2 aromatic rings. The highest BCUT2D eigenvalue weighted by atomic mass is 16.5. The van der Waals surface area contributed by atoms with Crippen molar-refractivity contribution in [3.8, 4) is 5.75 Å². The molecule has 0 spiro atoms. The molecule has 1 fully saturated rings. The van der Waals surface area contributed by atoms with E-state index in [2.05, 4.69) is 57.8 Å². The highest BCUT2D eigenvalue weighted by Crippen LogP contribution is 2.24. The van der Waals surface area contributed by atoms with Gasteiger partial charge in [0.05, 0.1) is 7.11 Å². The lowest BCUT2D eigenvalue weighted by molar-refractivity contribution is 0.414. The zero-order chi connectivity index (χ0) is 20.5. The number of methoxy groups -OCH3 is 1. The van der Waals surface area contributed by atoms with Gasteiger partial charge in [0.1, 0.15) is 5.75 Å². The largest absolute Gasteiger partial charge is 0.497 e. The molecular formula is C23H33N5O. The predicted molar refractivity (Wildman–Crippen MR) is 120 cm³/mol. The summed E-state index contributed by atoms with van der Waals surface area (Å²) in [5.74, 6) is 1.79. The van der Waals surface area contributed by atoms with Crippen molar-refractivity contribution in [3.05, 3.63) is 53.9 Å². The first-order valence-electron chi connectivity index (χ1n) is 10.5. The van der Waals surface area contributed by atoms with Gasteiger partial charge in [-0.15, -0.1) is 0 Å². The van der Waals surface area contributed by atoms with Gasteiger partial charge in [-0.25, -0.2) is 0 Å². The fraction of sp³-hybridized carbons (Fsp3) is 0.478. The van der Waals surface area contributed by atoms with Gasteiger partial charge in [-0.1, -0.05) is 12.1 Å². The first-order chi connectivity index (χ1) is 14.2. The third kappa shape index (κ3) is 6.38. The van der Waals surface area contributed by atoms with Crippen molar-refractivity contribution in [1.82, 2.24) is 15.6 Å². The monoisotopic (exact) mass is 395 g/mol. The summed E-state index contributed by atoms with van der Waals surface area (Å²) in [6.45, 7) is 7.73. The third-order valence-electron chi connectivity index (χ3n) is 5.17. The molecule has 1 unspecified atom stereocenters. The number of aliphatic imine (C=N–C) groups is 1. The first kappa shape index (κ1) is 21.0. The van der Waals surface area contributed by atoms with Gasteiger partial charge in [0.25, 0.3) is 0 Å². The zero-order valence-corrected chi connectivity index (χ0v) is 17.8. The van der Waals surface area contributed by atoms with E-state index in [1.54, 1.807) is 7.11 Å². The van der Waals surface area contributed by atoms with Crippen molar-refractivity contribution >= 4 is 11.6 Å². The number of nitrogens with zero attached hydrogens (tertiary/aromatic N) is 3. The highest BCUT2D eigenvalue weighted by molar-refractivity contribution is 5.80. The topological polar surface area (TPSA) is 61.8 Å². The number of guanidine groups is 1. The molecule has 6 heteroatoms. The minimum absolute atomic E-state index is 0.369. The first-order valence-corrected chi connectivity index (χ1v) is 10.5. The van der Waals surface area contributed by atoms with Gasteiger partial charge in [-0.2, -0.15) is 0 Å². The van der Waals surface area contributed by atoms with Crippen molar-refractivity contribution in [2.24, 2.45) is 4.99 Å². The third-order valence-corrected chi connectivity index (χ3v) is 5.17. The fourth-order valence-electron chi connectivity index (χ4n) is 3.59. The average Bonchev–Trinajstić information content (AvgIpc) is 2.75. The van der Waals surface area contributed by atoms with Gasteiger partial charge >= 0.3 is 0 Å². The van der Waals surface area contributed by atoms with Gasteiger partial charge in [0.2, 0.25) is 0 Å². The van der Waals surface area contributed by atoms with Gasteiger partial charge < -0.3 is 20.3 Å². The smallest absolute Gasteiger partial charge is 0.191 e. The van der Waals surface area contributed by atoms with Crippen LogP contribution in [0.15, 0.2) is 47.6 Å². The van der Waals surface area contributed by atoms with Gasteiger partial charge in [-0.05, 0) is 56.9 Å². The van der Waals surface area contributed by atoms with E-state index in [0.717, 1.165) is 62.8 Å². The summed E-state index contributed by atoms with van der Waals surface area (Å²) in [5, 5.41) is 7.01. The van der Waals surface area contributed by atoms with E-state index in [9.17, 15) is 0 Å². The maximum atomic E-state index is 5.38. The molecule has 0 bridgehead atoms. The average molecular weight is 396 g/mol. The number of aromatic nitrogens is 1. The molecule has 3 rings (SSSR count). The molecule has 1 saturated heterocycles. The summed E-state index contributed by atoms with van der Waals surface area (Å²) < 4.78 is 5.38. The summed E-state index contributed by atoms with van der Waals surface area (Å²) >= 11 is 0. The number of hydrogen-bond acceptors (Lipinski definition) is 4. The Labute approximate surface area is 174 Å². The highest BCUT2D eigenvalue weighted by Gasteiger charge is 2.21. The Morgan fingerprint density at radius 3 is 2.97 bits per heavy atom. The van der Waals surface area contributed by atoms with Crippen LogP contribution in [-0.4, -0.2) is 50.3 Å². The quantitative estimate of drug-likeness (QED) is 0.557. The maximum absolute atomic E-state index is 5.38. The van der Waals surface area contributed by atoms with Crippen LogP contribution in [0.25, 0.3) is 0 Å². The molecule has 1 atom stereocenters. The molecule has 0 radical (unpaired) electrons. The number of nitrogens with one attached hydrogen (secondary N) is 2. The Morgan fingerprint density at radius 1 is 1.31 bits per heavy atom. The second-order valence-electron chi connectivity index (χ2n) is 7.45. The molecule has 1 aliphatic heterocycles. The number of piperidine rings is 1. The van der Waals surface area contributed by atoms with Crippen LogP contribution in [0.5, 0.6) is 5.75 Å². The van der Waals surface area contributed by atoms with Crippen LogP contribution in [0, 0.1) is 6.92 Å². The van der Waals surface area contributed by atoms with Crippen molar-refractivity contribution in [2.75, 3.05) is 38.2 Å². The molecule has 0 saturated carbocycles. The van der Waals surface area contributed by atoms with Crippen LogP contribution >= 0.6 is 0 Å². The van der Waals surface area contributed by atoms with Crippen molar-refractivity contribution in [2.45, 2.75) is 39.2 Å². The summed E-state index contributed by atoms with van der Waals surface area (Å²) in [6.07, 6.45) is 5.14. The van der Waals surface area contributed by atoms with E-state index in [0.29, 0.717) is 6.04 Å². The molecule has 6 nitrogen and oxygen atoms in total. The van der Waals surface area contributed by atoms with E-state index >= 15 is 0 Å². The van der Waals surface area contributed by atoms with Crippen molar-refractivity contribution < 1.29 is 4.74 Å². The second-order valence-corrected chi connectivity index (χ2v) is 7.45. The lowest BCUT2D eigenvalue weighted by Gasteiger charge is -2.35. The Kier molecular flexibility index (Phi) is 7.73. The number of benzene rings is 1. The van der Waals surface area contributed by atoms with Crippen LogP contribution in [0.4, 0.5) is 5.69 Å². The number of ether oxygens (including phenoxy) is 1. The minimum Gasteiger partial charge on any atom is -0.497 e. The minimum atomic E-state index is 0.369. The van der Waals surface area contributed by atoms with E-state index in [4.69, 9.17) is 9.73 Å². The Balaban J connectivity index is 1.57. The zero-order valence-electron chi connectivity index (χ0n) is 17.8. The Hall–Kier alpha value is -2.76. The summed E-state index contributed by atoms with van der Waals surface area (Å²) in [5.41, 5.74) is 3.48. The molecular weight excluding hydrogens is 362 g/mol. The van der Waals surface area contributed by atoms with Crippen LogP contribution < -0.4 is 20.3 Å².